The molecule has 18 heavy (non-hydrogen) atoms. The molecular weight excluding hydrogens is 224 g/mol. The van der Waals surface area contributed by atoms with Gasteiger partial charge in [0.05, 0.1) is 12.1 Å². The molecule has 2 N–H and O–H groups in total. The molecule has 3 fully saturated rings. The molecule has 0 aromatic heterocycles. The average molecular weight is 248 g/mol. The van der Waals surface area contributed by atoms with Crippen LogP contribution in [0, 0.1) is 23.2 Å². The van der Waals surface area contributed by atoms with E-state index in [1.165, 1.54) is 32.4 Å². The summed E-state index contributed by atoms with van der Waals surface area (Å²) in [6.07, 6.45) is 4.95. The molecular formula is C14H24N4. The Hall–Kier alpha value is -0.630. The van der Waals surface area contributed by atoms with Crippen molar-refractivity contribution >= 4 is 0 Å². The predicted molar refractivity (Wildman–Crippen MR) is 71.1 cm³/mol. The minimum atomic E-state index is 0.180. The van der Waals surface area contributed by atoms with Crippen molar-refractivity contribution < 1.29 is 0 Å². The van der Waals surface area contributed by atoms with Gasteiger partial charge in [0.1, 0.15) is 0 Å². The van der Waals surface area contributed by atoms with Crippen LogP contribution < -0.4 is 10.6 Å². The molecule has 1 aliphatic carbocycles. The first-order valence-corrected chi connectivity index (χ1v) is 7.44. The zero-order valence-electron chi connectivity index (χ0n) is 11.1. The lowest BCUT2D eigenvalue weighted by molar-refractivity contribution is 0.286. The number of fused-ring (bicyclic) bond motifs is 1. The molecule has 0 amide bonds. The van der Waals surface area contributed by atoms with Crippen LogP contribution in [0.4, 0.5) is 0 Å². The first kappa shape index (κ1) is 12.4. The van der Waals surface area contributed by atoms with Gasteiger partial charge in [-0.25, -0.2) is 0 Å². The molecule has 4 atom stereocenters. The van der Waals surface area contributed by atoms with E-state index in [1.807, 2.05) is 0 Å². The van der Waals surface area contributed by atoms with E-state index in [0.717, 1.165) is 43.9 Å². The summed E-state index contributed by atoms with van der Waals surface area (Å²) in [4.78, 5) is 2.34. The predicted octanol–water partition coefficient (Wildman–Crippen LogP) is 0.562. The van der Waals surface area contributed by atoms with Crippen LogP contribution in [0.1, 0.15) is 25.7 Å². The third-order valence-electron chi connectivity index (χ3n) is 5.00. The fourth-order valence-electron chi connectivity index (χ4n) is 3.99. The van der Waals surface area contributed by atoms with Gasteiger partial charge in [0, 0.05) is 19.1 Å². The molecule has 0 radical (unpaired) electrons. The molecule has 1 saturated carbocycles. The average Bonchev–Trinajstić information content (AvgIpc) is 3.02. The molecule has 0 bridgehead atoms. The Bertz CT molecular complexity index is 312. The highest BCUT2D eigenvalue weighted by molar-refractivity contribution is 4.96. The Morgan fingerprint density at radius 1 is 1.28 bits per heavy atom. The van der Waals surface area contributed by atoms with Crippen molar-refractivity contribution in [1.29, 1.82) is 5.26 Å². The SMILES string of the molecule is N#C[C@@H]1CCCN1CCN[C@@H]1C[C@H]2CNC[C@H]2C1. The van der Waals surface area contributed by atoms with Crippen molar-refractivity contribution in [2.45, 2.75) is 37.8 Å². The first-order chi connectivity index (χ1) is 8.86. The van der Waals surface area contributed by atoms with Crippen molar-refractivity contribution in [2.24, 2.45) is 11.8 Å². The molecule has 0 aromatic carbocycles. The Labute approximate surface area is 110 Å². The van der Waals surface area contributed by atoms with E-state index in [1.54, 1.807) is 0 Å². The van der Waals surface area contributed by atoms with Crippen molar-refractivity contribution in [1.82, 2.24) is 15.5 Å². The van der Waals surface area contributed by atoms with Gasteiger partial charge in [-0.3, -0.25) is 4.90 Å². The second-order valence-electron chi connectivity index (χ2n) is 6.12. The number of likely N-dealkylation sites (tertiary alicyclic amines) is 1. The quantitative estimate of drug-likeness (QED) is 0.763. The first-order valence-electron chi connectivity index (χ1n) is 7.44. The largest absolute Gasteiger partial charge is 0.316 e. The molecule has 2 saturated heterocycles. The van der Waals surface area contributed by atoms with Crippen LogP contribution in [0.3, 0.4) is 0 Å². The van der Waals surface area contributed by atoms with Gasteiger partial charge in [0.15, 0.2) is 0 Å². The summed E-state index contributed by atoms with van der Waals surface area (Å²) in [5.74, 6) is 1.84. The van der Waals surface area contributed by atoms with E-state index in [4.69, 9.17) is 5.26 Å². The van der Waals surface area contributed by atoms with E-state index >= 15 is 0 Å². The Morgan fingerprint density at radius 3 is 2.78 bits per heavy atom. The van der Waals surface area contributed by atoms with Crippen LogP contribution in [0.2, 0.25) is 0 Å². The number of nitrogens with zero attached hydrogens (tertiary/aromatic N) is 2. The van der Waals surface area contributed by atoms with Gasteiger partial charge in [-0.1, -0.05) is 0 Å². The molecule has 2 aliphatic heterocycles. The number of rotatable bonds is 4. The Balaban J connectivity index is 1.37. The molecule has 3 aliphatic rings. The lowest BCUT2D eigenvalue weighted by Gasteiger charge is -2.21. The maximum atomic E-state index is 9.04. The molecule has 4 nitrogen and oxygen atoms in total. The second-order valence-corrected chi connectivity index (χ2v) is 6.12. The summed E-state index contributed by atoms with van der Waals surface area (Å²) in [6.45, 7) is 5.66. The topological polar surface area (TPSA) is 51.1 Å². The zero-order chi connectivity index (χ0) is 12.4. The number of hydrogen-bond donors (Lipinski definition) is 2. The Morgan fingerprint density at radius 2 is 2.06 bits per heavy atom. The summed E-state index contributed by atoms with van der Waals surface area (Å²) in [6, 6.07) is 3.32. The lowest BCUT2D eigenvalue weighted by Crippen LogP contribution is -2.38. The maximum absolute atomic E-state index is 9.04. The molecule has 0 spiro atoms. The van der Waals surface area contributed by atoms with Crippen molar-refractivity contribution in [3.63, 3.8) is 0 Å². The van der Waals surface area contributed by atoms with E-state index < -0.39 is 0 Å². The molecule has 4 heteroatoms. The fourth-order valence-corrected chi connectivity index (χ4v) is 3.99. The van der Waals surface area contributed by atoms with Gasteiger partial charge in [0.25, 0.3) is 0 Å². The fraction of sp³-hybridized carbons (Fsp3) is 0.929. The van der Waals surface area contributed by atoms with Crippen LogP contribution >= 0.6 is 0 Å². The highest BCUT2D eigenvalue weighted by Crippen LogP contribution is 2.34. The third-order valence-corrected chi connectivity index (χ3v) is 5.00. The maximum Gasteiger partial charge on any atom is 0.0978 e. The minimum Gasteiger partial charge on any atom is -0.316 e. The van der Waals surface area contributed by atoms with Crippen LogP contribution in [0.25, 0.3) is 0 Å². The van der Waals surface area contributed by atoms with Crippen LogP contribution in [-0.2, 0) is 0 Å². The van der Waals surface area contributed by atoms with E-state index in [2.05, 4.69) is 21.6 Å². The summed E-state index contributed by atoms with van der Waals surface area (Å²) in [5.41, 5.74) is 0. The van der Waals surface area contributed by atoms with Gasteiger partial charge >= 0.3 is 0 Å². The molecule has 100 valence electrons. The molecule has 0 unspecified atom stereocenters. The molecule has 0 aromatic rings. The number of nitriles is 1. The van der Waals surface area contributed by atoms with Gasteiger partial charge < -0.3 is 10.6 Å². The van der Waals surface area contributed by atoms with Crippen molar-refractivity contribution in [2.75, 3.05) is 32.7 Å². The van der Waals surface area contributed by atoms with E-state index in [-0.39, 0.29) is 6.04 Å². The zero-order valence-corrected chi connectivity index (χ0v) is 11.1. The summed E-state index contributed by atoms with van der Waals surface area (Å²) in [5, 5.41) is 16.2. The van der Waals surface area contributed by atoms with E-state index in [0.29, 0.717) is 0 Å². The van der Waals surface area contributed by atoms with Crippen LogP contribution in [-0.4, -0.2) is 49.7 Å². The third kappa shape index (κ3) is 2.54. The van der Waals surface area contributed by atoms with Gasteiger partial charge in [-0.05, 0) is 57.2 Å². The monoisotopic (exact) mass is 248 g/mol. The number of hydrogen-bond acceptors (Lipinski definition) is 4. The lowest BCUT2D eigenvalue weighted by atomic mass is 10.0. The summed E-state index contributed by atoms with van der Waals surface area (Å²) in [7, 11) is 0. The van der Waals surface area contributed by atoms with E-state index in [9.17, 15) is 0 Å². The van der Waals surface area contributed by atoms with Crippen molar-refractivity contribution in [3.05, 3.63) is 0 Å². The normalized spacial score (nSPS) is 39.9. The van der Waals surface area contributed by atoms with Gasteiger partial charge in [0.2, 0.25) is 0 Å². The molecule has 3 rings (SSSR count). The summed E-state index contributed by atoms with van der Waals surface area (Å²) < 4.78 is 0. The van der Waals surface area contributed by atoms with Gasteiger partial charge in [-0.15, -0.1) is 0 Å². The number of nitrogens with one attached hydrogen (secondary N) is 2. The highest BCUT2D eigenvalue weighted by atomic mass is 15.2. The van der Waals surface area contributed by atoms with Crippen LogP contribution in [0.5, 0.6) is 0 Å². The summed E-state index contributed by atoms with van der Waals surface area (Å²) >= 11 is 0. The standard InChI is InChI=1S/C14H24N4/c15-8-14-2-1-4-18(14)5-3-17-13-6-11-9-16-10-12(11)7-13/h11-14,16-17H,1-7,9-10H2/t11-,12+,13+,14-/m0/s1. The van der Waals surface area contributed by atoms with Gasteiger partial charge in [-0.2, -0.15) is 5.26 Å². The highest BCUT2D eigenvalue weighted by Gasteiger charge is 2.36. The van der Waals surface area contributed by atoms with Crippen molar-refractivity contribution in [3.8, 4) is 6.07 Å². The van der Waals surface area contributed by atoms with Crippen LogP contribution in [0.15, 0.2) is 0 Å². The second kappa shape index (κ2) is 5.56. The molecule has 2 heterocycles. The Kier molecular flexibility index (Phi) is 3.83. The smallest absolute Gasteiger partial charge is 0.0978 e. The minimum absolute atomic E-state index is 0.180.